The molecule has 0 saturated carbocycles. The number of aromatic nitrogens is 4. The quantitative estimate of drug-likeness (QED) is 0.0249. The van der Waals surface area contributed by atoms with E-state index in [-0.39, 0.29) is 50.1 Å². The second-order valence-corrected chi connectivity index (χ2v) is 16.2. The van der Waals surface area contributed by atoms with Crippen molar-refractivity contribution in [2.45, 2.75) is 107 Å². The molecule has 0 fully saturated rings. The van der Waals surface area contributed by atoms with Crippen molar-refractivity contribution in [2.24, 2.45) is 11.5 Å². The lowest BCUT2D eigenvalue weighted by molar-refractivity contribution is -0.143. The Bertz CT molecular complexity index is 2370. The summed E-state index contributed by atoms with van der Waals surface area (Å²) in [5.41, 5.74) is 13.5. The van der Waals surface area contributed by atoms with Crippen molar-refractivity contribution < 1.29 is 63.6 Å². The highest BCUT2D eigenvalue weighted by Gasteiger charge is 2.35. The Kier molecular flexibility index (Phi) is 21.4. The van der Waals surface area contributed by atoms with Gasteiger partial charge < -0.3 is 73.8 Å². The van der Waals surface area contributed by atoms with Crippen LogP contribution in [0.5, 0.6) is 5.75 Å². The van der Waals surface area contributed by atoms with Crippen LogP contribution in [0.15, 0.2) is 79.6 Å². The number of carboxylic acids is 3. The highest BCUT2D eigenvalue weighted by Crippen LogP contribution is 2.14. The summed E-state index contributed by atoms with van der Waals surface area (Å²) in [5.74, 6) is -10.4. The molecule has 0 aliphatic carbocycles. The fourth-order valence-corrected chi connectivity index (χ4v) is 6.99. The molecule has 2 aromatic heterocycles. The number of imidazole rings is 2. The van der Waals surface area contributed by atoms with E-state index in [4.69, 9.17) is 11.5 Å². The minimum Gasteiger partial charge on any atom is -0.508 e. The molecule has 2 aromatic carbocycles. The standard InChI is InChI=1S/C45H58N12O13/c46-15-5-4-8-31(52-39(63)30(47)18-27-21-48-23-50-27)40(64)54-34(17-26-9-11-29(58)12-10-26)43(67)55-33(16-25-6-2-1-3-7-25)42(66)53-32(13-14-37(59)60)41(65)56-35(20-38(61)62)44(68)57-36(45(69)70)19-28-22-49-24-51-28/h1-3,6-7,9-12,21-24,30-36,58H,4-5,8,13-20,46-47H2,(H,48,50)(H,49,51)(H,52,63)(H,53,66)(H,54,64)(H,55,67)(H,56,65)(H,57,68)(H,59,60)(H,61,62)(H,69,70)/t30-,31+,32+,33-,34+,35-,36-/m1/s1. The minimum atomic E-state index is -1.92. The fraction of sp³-hybridized carbons (Fsp3) is 0.400. The number of phenols is 1. The van der Waals surface area contributed by atoms with Crippen LogP contribution in [0.4, 0.5) is 0 Å². The average molecular weight is 975 g/mol. The highest BCUT2D eigenvalue weighted by molar-refractivity contribution is 5.98. The van der Waals surface area contributed by atoms with Gasteiger partial charge in [0, 0.05) is 44.5 Å². The van der Waals surface area contributed by atoms with Crippen LogP contribution in [0.1, 0.15) is 61.0 Å². The monoisotopic (exact) mass is 974 g/mol. The number of amides is 6. The first kappa shape index (κ1) is 54.4. The van der Waals surface area contributed by atoms with Crippen LogP contribution in [0.2, 0.25) is 0 Å². The van der Waals surface area contributed by atoms with Crippen molar-refractivity contribution in [3.05, 3.63) is 102 Å². The molecule has 4 rings (SSSR count). The van der Waals surface area contributed by atoms with Crippen molar-refractivity contribution in [3.8, 4) is 5.75 Å². The molecule has 70 heavy (non-hydrogen) atoms. The summed E-state index contributed by atoms with van der Waals surface area (Å²) >= 11 is 0. The molecule has 0 radical (unpaired) electrons. The number of benzene rings is 2. The second kappa shape index (κ2) is 27.6. The zero-order valence-electron chi connectivity index (χ0n) is 37.8. The van der Waals surface area contributed by atoms with Crippen LogP contribution >= 0.6 is 0 Å². The number of hydrogen-bond donors (Lipinski definition) is 14. The van der Waals surface area contributed by atoms with Crippen LogP contribution in [-0.2, 0) is 68.8 Å². The molecule has 25 nitrogen and oxygen atoms in total. The van der Waals surface area contributed by atoms with E-state index in [9.17, 15) is 63.6 Å². The van der Waals surface area contributed by atoms with E-state index >= 15 is 0 Å². The smallest absolute Gasteiger partial charge is 0.326 e. The zero-order chi connectivity index (χ0) is 51.2. The van der Waals surface area contributed by atoms with Gasteiger partial charge in [-0.2, -0.15) is 0 Å². The second-order valence-electron chi connectivity index (χ2n) is 16.2. The number of nitrogens with two attached hydrogens (primary N) is 2. The molecule has 7 atom stereocenters. The van der Waals surface area contributed by atoms with Crippen molar-refractivity contribution in [3.63, 3.8) is 0 Å². The normalized spacial score (nSPS) is 14.0. The van der Waals surface area contributed by atoms with Gasteiger partial charge in [-0.3, -0.25) is 38.4 Å². The molecule has 6 amide bonds. The van der Waals surface area contributed by atoms with E-state index in [1.54, 1.807) is 36.5 Å². The maximum absolute atomic E-state index is 14.4. The van der Waals surface area contributed by atoms with Gasteiger partial charge in [-0.05, 0) is 55.5 Å². The van der Waals surface area contributed by atoms with Gasteiger partial charge in [0.25, 0.3) is 0 Å². The largest absolute Gasteiger partial charge is 0.508 e. The number of carbonyl (C=O) groups excluding carboxylic acids is 6. The molecule has 0 spiro atoms. The number of hydrogen-bond acceptors (Lipinski definition) is 14. The van der Waals surface area contributed by atoms with Crippen molar-refractivity contribution in [2.75, 3.05) is 6.54 Å². The van der Waals surface area contributed by atoms with Gasteiger partial charge in [0.2, 0.25) is 35.4 Å². The van der Waals surface area contributed by atoms with E-state index in [0.717, 1.165) is 0 Å². The van der Waals surface area contributed by atoms with Gasteiger partial charge in [0.1, 0.15) is 42.0 Å². The molecule has 0 aliphatic heterocycles. The third kappa shape index (κ3) is 18.5. The highest BCUT2D eigenvalue weighted by atomic mass is 16.4. The van der Waals surface area contributed by atoms with Gasteiger partial charge in [0.15, 0.2) is 0 Å². The Balaban J connectivity index is 1.61. The SMILES string of the molecule is NCCCC[C@H](NC(=O)[C@H](N)Cc1c[nH]cn1)C(=O)N[C@@H](Cc1ccc(O)cc1)C(=O)N[C@H](Cc1ccccc1)C(=O)N[C@@H](CCC(=O)O)C(=O)N[C@H](CC(=O)O)C(=O)N[C@H](Cc1c[nH]cn1)C(=O)O. The van der Waals surface area contributed by atoms with Crippen molar-refractivity contribution >= 4 is 53.4 Å². The number of aliphatic carboxylic acids is 3. The summed E-state index contributed by atoms with van der Waals surface area (Å²) in [7, 11) is 0. The van der Waals surface area contributed by atoms with E-state index in [1.807, 2.05) is 0 Å². The fourth-order valence-electron chi connectivity index (χ4n) is 6.99. The lowest BCUT2D eigenvalue weighted by Gasteiger charge is -2.27. The molecule has 0 aliphatic rings. The summed E-state index contributed by atoms with van der Waals surface area (Å²) in [4.78, 5) is 132. The molecule has 0 unspecified atom stereocenters. The Hall–Kier alpha value is -8.19. The molecule has 4 aromatic rings. The summed E-state index contributed by atoms with van der Waals surface area (Å²) < 4.78 is 0. The Morgan fingerprint density at radius 2 is 1.00 bits per heavy atom. The van der Waals surface area contributed by atoms with Crippen LogP contribution in [0, 0.1) is 0 Å². The first-order chi connectivity index (χ1) is 33.4. The molecule has 16 N–H and O–H groups in total. The van der Waals surface area contributed by atoms with Crippen LogP contribution in [-0.4, -0.2) is 143 Å². The van der Waals surface area contributed by atoms with Gasteiger partial charge >= 0.3 is 17.9 Å². The summed E-state index contributed by atoms with van der Waals surface area (Å²) in [5, 5.41) is 53.6. The van der Waals surface area contributed by atoms with E-state index in [0.29, 0.717) is 29.7 Å². The van der Waals surface area contributed by atoms with Gasteiger partial charge in [0.05, 0.1) is 36.5 Å². The third-order valence-corrected chi connectivity index (χ3v) is 10.7. The number of carboxylic acid groups (broad SMARTS) is 3. The number of phenolic OH excluding ortho intramolecular Hbond substituents is 1. The molecule has 376 valence electrons. The summed E-state index contributed by atoms with van der Waals surface area (Å²) in [6.07, 6.45) is 3.52. The molecule has 2 heterocycles. The molecular formula is C45H58N12O13. The number of aromatic hydroxyl groups is 1. The maximum Gasteiger partial charge on any atom is 0.326 e. The average Bonchev–Trinajstić information content (AvgIpc) is 4.05. The van der Waals surface area contributed by atoms with E-state index < -0.39 is 115 Å². The zero-order valence-corrected chi connectivity index (χ0v) is 37.8. The predicted molar refractivity (Wildman–Crippen MR) is 246 cm³/mol. The van der Waals surface area contributed by atoms with E-state index in [2.05, 4.69) is 51.8 Å². The van der Waals surface area contributed by atoms with Gasteiger partial charge in [-0.25, -0.2) is 14.8 Å². The Morgan fingerprint density at radius 1 is 0.529 bits per heavy atom. The lowest BCUT2D eigenvalue weighted by atomic mass is 10.0. The van der Waals surface area contributed by atoms with Crippen LogP contribution in [0.25, 0.3) is 0 Å². The number of aromatic amines is 2. The molecule has 25 heteroatoms. The molecule has 0 saturated heterocycles. The van der Waals surface area contributed by atoms with Gasteiger partial charge in [-0.1, -0.05) is 42.5 Å². The number of nitrogens with one attached hydrogen (secondary N) is 8. The number of carbonyl (C=O) groups is 9. The number of nitrogens with zero attached hydrogens (tertiary/aromatic N) is 2. The van der Waals surface area contributed by atoms with E-state index in [1.165, 1.54) is 43.1 Å². The molecule has 0 bridgehead atoms. The Labute approximate surface area is 400 Å². The topological polar surface area (TPSA) is 416 Å². The third-order valence-electron chi connectivity index (χ3n) is 10.7. The molecular weight excluding hydrogens is 917 g/mol. The summed E-state index contributed by atoms with van der Waals surface area (Å²) in [6, 6.07) is 3.32. The van der Waals surface area contributed by atoms with Crippen LogP contribution in [0.3, 0.4) is 0 Å². The number of rotatable bonds is 30. The summed E-state index contributed by atoms with van der Waals surface area (Å²) in [6.45, 7) is 0.287. The number of H-pyrrole nitrogens is 2. The van der Waals surface area contributed by atoms with Crippen LogP contribution < -0.4 is 43.4 Å². The maximum atomic E-state index is 14.4. The first-order valence-electron chi connectivity index (χ1n) is 22.1. The van der Waals surface area contributed by atoms with Crippen molar-refractivity contribution in [1.29, 1.82) is 0 Å². The number of unbranched alkanes of at least 4 members (excludes halogenated alkanes) is 1. The first-order valence-corrected chi connectivity index (χ1v) is 22.1. The van der Waals surface area contributed by atoms with Gasteiger partial charge in [-0.15, -0.1) is 0 Å². The minimum absolute atomic E-state index is 0.0424. The van der Waals surface area contributed by atoms with Crippen molar-refractivity contribution in [1.82, 2.24) is 51.8 Å². The predicted octanol–water partition coefficient (Wildman–Crippen LogP) is -2.10. The Morgan fingerprint density at radius 3 is 1.51 bits per heavy atom. The lowest BCUT2D eigenvalue weighted by Crippen LogP contribution is -2.60.